The number of thiazole rings is 1. The highest BCUT2D eigenvalue weighted by Gasteiger charge is 2.21. The molecule has 0 spiro atoms. The fourth-order valence-electron chi connectivity index (χ4n) is 1.44. The summed E-state index contributed by atoms with van der Waals surface area (Å²) in [6.07, 6.45) is 0. The molecule has 0 aliphatic heterocycles. The number of rotatable bonds is 4. The topological polar surface area (TPSA) is 72.8 Å². The summed E-state index contributed by atoms with van der Waals surface area (Å²) in [6.45, 7) is 5.77. The molecule has 2 heterocycles. The lowest BCUT2D eigenvalue weighted by Gasteiger charge is -2.01. The van der Waals surface area contributed by atoms with Gasteiger partial charge >= 0.3 is 0 Å². The Hall–Kier alpha value is -1.34. The van der Waals surface area contributed by atoms with E-state index >= 15 is 0 Å². The Balaban J connectivity index is 2.24. The maximum Gasteiger partial charge on any atom is 0.211 e. The van der Waals surface area contributed by atoms with Crippen LogP contribution in [0.3, 0.4) is 0 Å². The van der Waals surface area contributed by atoms with E-state index in [1.807, 2.05) is 13.8 Å². The SMILES string of the molecule is Cc1ccc(CS(=O)(=O)c2nc(C(C)C)cs2)nn1. The van der Waals surface area contributed by atoms with Gasteiger partial charge in [-0.2, -0.15) is 10.2 Å². The molecular formula is C12H15N3O2S2. The van der Waals surface area contributed by atoms with Gasteiger partial charge in [0.1, 0.15) is 5.75 Å². The molecule has 19 heavy (non-hydrogen) atoms. The fraction of sp³-hybridized carbons (Fsp3) is 0.417. The molecule has 102 valence electrons. The van der Waals surface area contributed by atoms with Crippen LogP contribution < -0.4 is 0 Å². The summed E-state index contributed by atoms with van der Waals surface area (Å²) in [4.78, 5) is 4.18. The van der Waals surface area contributed by atoms with Gasteiger partial charge in [-0.25, -0.2) is 13.4 Å². The summed E-state index contributed by atoms with van der Waals surface area (Å²) in [5, 5.41) is 9.53. The van der Waals surface area contributed by atoms with Crippen LogP contribution in [0.25, 0.3) is 0 Å². The molecule has 0 amide bonds. The zero-order valence-electron chi connectivity index (χ0n) is 11.0. The molecule has 0 aliphatic carbocycles. The summed E-state index contributed by atoms with van der Waals surface area (Å²) in [7, 11) is -3.43. The van der Waals surface area contributed by atoms with Gasteiger partial charge in [0.15, 0.2) is 0 Å². The maximum absolute atomic E-state index is 12.2. The highest BCUT2D eigenvalue weighted by molar-refractivity contribution is 7.92. The van der Waals surface area contributed by atoms with Crippen molar-refractivity contribution in [1.82, 2.24) is 15.2 Å². The minimum Gasteiger partial charge on any atom is -0.230 e. The predicted octanol–water partition coefficient (Wildman–Crippen LogP) is 2.34. The van der Waals surface area contributed by atoms with Crippen molar-refractivity contribution in [3.8, 4) is 0 Å². The normalized spacial score (nSPS) is 12.0. The predicted molar refractivity (Wildman–Crippen MR) is 73.9 cm³/mol. The molecule has 0 N–H and O–H groups in total. The van der Waals surface area contributed by atoms with Crippen molar-refractivity contribution in [2.45, 2.75) is 36.8 Å². The molecular weight excluding hydrogens is 282 g/mol. The van der Waals surface area contributed by atoms with E-state index in [1.54, 1.807) is 24.4 Å². The lowest BCUT2D eigenvalue weighted by atomic mass is 10.2. The first kappa shape index (κ1) is 14.1. The first-order valence-electron chi connectivity index (χ1n) is 5.86. The van der Waals surface area contributed by atoms with Gasteiger partial charge in [-0.1, -0.05) is 13.8 Å². The molecule has 0 aromatic carbocycles. The molecule has 0 bridgehead atoms. The summed E-state index contributed by atoms with van der Waals surface area (Å²) in [6, 6.07) is 3.43. The van der Waals surface area contributed by atoms with Gasteiger partial charge in [-0.05, 0) is 25.0 Å². The van der Waals surface area contributed by atoms with Crippen LogP contribution in [0.2, 0.25) is 0 Å². The van der Waals surface area contributed by atoms with E-state index in [4.69, 9.17) is 0 Å². The van der Waals surface area contributed by atoms with Crippen molar-refractivity contribution in [1.29, 1.82) is 0 Å². The highest BCUT2D eigenvalue weighted by Crippen LogP contribution is 2.23. The quantitative estimate of drug-likeness (QED) is 0.866. The Bertz CT molecular complexity index is 661. The second kappa shape index (κ2) is 5.34. The zero-order chi connectivity index (χ0) is 14.0. The van der Waals surface area contributed by atoms with Crippen LogP contribution in [0, 0.1) is 6.92 Å². The molecule has 0 unspecified atom stereocenters. The number of aryl methyl sites for hydroxylation is 1. The maximum atomic E-state index is 12.2. The van der Waals surface area contributed by atoms with Crippen LogP contribution in [0.1, 0.15) is 36.8 Å². The third-order valence-electron chi connectivity index (χ3n) is 2.55. The van der Waals surface area contributed by atoms with Gasteiger partial charge in [0, 0.05) is 5.38 Å². The van der Waals surface area contributed by atoms with Gasteiger partial charge in [0.2, 0.25) is 14.2 Å². The lowest BCUT2D eigenvalue weighted by Crippen LogP contribution is -2.07. The van der Waals surface area contributed by atoms with Crippen LogP contribution >= 0.6 is 11.3 Å². The van der Waals surface area contributed by atoms with E-state index in [2.05, 4.69) is 15.2 Å². The molecule has 5 nitrogen and oxygen atoms in total. The van der Waals surface area contributed by atoms with E-state index in [0.29, 0.717) is 5.69 Å². The van der Waals surface area contributed by atoms with Crippen molar-refractivity contribution in [2.24, 2.45) is 0 Å². The number of hydrogen-bond acceptors (Lipinski definition) is 6. The molecule has 7 heteroatoms. The Morgan fingerprint density at radius 1 is 1.26 bits per heavy atom. The van der Waals surface area contributed by atoms with Crippen molar-refractivity contribution >= 4 is 21.2 Å². The number of nitrogens with zero attached hydrogens (tertiary/aromatic N) is 3. The first-order chi connectivity index (χ1) is 8.88. The summed E-state index contributed by atoms with van der Waals surface area (Å²) < 4.78 is 24.6. The zero-order valence-corrected chi connectivity index (χ0v) is 12.6. The van der Waals surface area contributed by atoms with Gasteiger partial charge in [0.05, 0.1) is 17.1 Å². The third kappa shape index (κ3) is 3.36. The molecule has 2 rings (SSSR count). The van der Waals surface area contributed by atoms with Crippen LogP contribution in [0.4, 0.5) is 0 Å². The third-order valence-corrected chi connectivity index (χ3v) is 5.55. The number of sulfone groups is 1. The van der Waals surface area contributed by atoms with E-state index < -0.39 is 9.84 Å². The van der Waals surface area contributed by atoms with Gasteiger partial charge < -0.3 is 0 Å². The van der Waals surface area contributed by atoms with Gasteiger partial charge in [0.25, 0.3) is 0 Å². The van der Waals surface area contributed by atoms with Crippen LogP contribution in [0.5, 0.6) is 0 Å². The van der Waals surface area contributed by atoms with Crippen LogP contribution in [0.15, 0.2) is 21.9 Å². The van der Waals surface area contributed by atoms with Crippen molar-refractivity contribution in [3.63, 3.8) is 0 Å². The largest absolute Gasteiger partial charge is 0.230 e. The van der Waals surface area contributed by atoms with Crippen LogP contribution in [-0.2, 0) is 15.6 Å². The minimum absolute atomic E-state index is 0.151. The van der Waals surface area contributed by atoms with Crippen molar-refractivity contribution < 1.29 is 8.42 Å². The molecule has 0 saturated heterocycles. The van der Waals surface area contributed by atoms with Crippen molar-refractivity contribution in [3.05, 3.63) is 34.6 Å². The van der Waals surface area contributed by atoms with Crippen molar-refractivity contribution in [2.75, 3.05) is 0 Å². The lowest BCUT2D eigenvalue weighted by molar-refractivity contribution is 0.592. The highest BCUT2D eigenvalue weighted by atomic mass is 32.2. The number of aromatic nitrogens is 3. The van der Waals surface area contributed by atoms with E-state index in [9.17, 15) is 8.42 Å². The first-order valence-corrected chi connectivity index (χ1v) is 8.39. The van der Waals surface area contributed by atoms with Crippen LogP contribution in [-0.4, -0.2) is 23.6 Å². The number of hydrogen-bond donors (Lipinski definition) is 0. The van der Waals surface area contributed by atoms with Gasteiger partial charge in [-0.15, -0.1) is 11.3 Å². The Morgan fingerprint density at radius 2 is 2.00 bits per heavy atom. The second-order valence-electron chi connectivity index (χ2n) is 4.62. The van der Waals surface area contributed by atoms with E-state index in [1.165, 1.54) is 0 Å². The molecule has 0 aliphatic rings. The fourth-order valence-corrected chi connectivity index (χ4v) is 3.96. The van der Waals surface area contributed by atoms with E-state index in [-0.39, 0.29) is 16.0 Å². The Kier molecular flexibility index (Phi) is 3.96. The molecule has 0 saturated carbocycles. The summed E-state index contributed by atoms with van der Waals surface area (Å²) in [5.74, 6) is 0.0603. The van der Waals surface area contributed by atoms with E-state index in [0.717, 1.165) is 22.7 Å². The Morgan fingerprint density at radius 3 is 2.53 bits per heavy atom. The molecule has 2 aromatic heterocycles. The molecule has 0 radical (unpaired) electrons. The average molecular weight is 297 g/mol. The monoisotopic (exact) mass is 297 g/mol. The summed E-state index contributed by atoms with van der Waals surface area (Å²) in [5.41, 5.74) is 2.00. The van der Waals surface area contributed by atoms with Gasteiger partial charge in [-0.3, -0.25) is 0 Å². The standard InChI is InChI=1S/C12H15N3O2S2/c1-8(2)11-6-18-12(13-11)19(16,17)7-10-5-4-9(3)14-15-10/h4-6,8H,7H2,1-3H3. The average Bonchev–Trinajstić information content (AvgIpc) is 2.82. The summed E-state index contributed by atoms with van der Waals surface area (Å²) >= 11 is 1.16. The molecule has 2 aromatic rings. The molecule has 0 atom stereocenters. The molecule has 0 fully saturated rings. The smallest absolute Gasteiger partial charge is 0.211 e. The minimum atomic E-state index is -3.43. The second-order valence-corrected chi connectivity index (χ2v) is 7.64. The Labute approximate surface area is 116 Å².